The van der Waals surface area contributed by atoms with E-state index in [0.717, 1.165) is 31.0 Å². The topological polar surface area (TPSA) is 38.5 Å². The van der Waals surface area contributed by atoms with Crippen LogP contribution in [0.4, 0.5) is 5.69 Å². The van der Waals surface area contributed by atoms with Crippen LogP contribution in [-0.2, 0) is 6.42 Å². The number of hydrogen-bond acceptors (Lipinski definition) is 3. The number of nitrogens with zero attached hydrogens (tertiary/aromatic N) is 1. The largest absolute Gasteiger partial charge is 0.493 e. The molecule has 0 saturated heterocycles. The van der Waals surface area contributed by atoms with Gasteiger partial charge in [-0.25, -0.2) is 0 Å². The smallest absolute Gasteiger partial charge is 0.124 e. The van der Waals surface area contributed by atoms with Gasteiger partial charge in [-0.15, -0.1) is 0 Å². The third kappa shape index (κ3) is 2.42. The molecule has 1 atom stereocenters. The zero-order valence-corrected chi connectivity index (χ0v) is 9.36. The van der Waals surface area contributed by atoms with Gasteiger partial charge in [0.05, 0.1) is 6.61 Å². The SMILES string of the molecule is CN(C)C[C@@H]1COc2cc(N)ccc2C1. The van der Waals surface area contributed by atoms with Crippen LogP contribution in [0.3, 0.4) is 0 Å². The Morgan fingerprint density at radius 1 is 1.47 bits per heavy atom. The fraction of sp³-hybridized carbons (Fsp3) is 0.500. The van der Waals surface area contributed by atoms with E-state index in [9.17, 15) is 0 Å². The van der Waals surface area contributed by atoms with E-state index in [1.165, 1.54) is 5.56 Å². The van der Waals surface area contributed by atoms with Crippen LogP contribution in [0.25, 0.3) is 0 Å². The van der Waals surface area contributed by atoms with Gasteiger partial charge in [-0.05, 0) is 32.1 Å². The summed E-state index contributed by atoms with van der Waals surface area (Å²) < 4.78 is 5.71. The van der Waals surface area contributed by atoms with Crippen molar-refractivity contribution in [2.75, 3.05) is 33.0 Å². The van der Waals surface area contributed by atoms with E-state index in [4.69, 9.17) is 10.5 Å². The molecule has 1 aliphatic heterocycles. The Morgan fingerprint density at radius 2 is 2.27 bits per heavy atom. The molecule has 1 heterocycles. The zero-order chi connectivity index (χ0) is 10.8. The number of ether oxygens (including phenoxy) is 1. The highest BCUT2D eigenvalue weighted by Gasteiger charge is 2.20. The van der Waals surface area contributed by atoms with Gasteiger partial charge in [-0.3, -0.25) is 0 Å². The molecule has 0 unspecified atom stereocenters. The molecule has 1 aliphatic rings. The molecular formula is C12H18N2O. The molecule has 3 nitrogen and oxygen atoms in total. The number of anilines is 1. The second-order valence-corrected chi connectivity index (χ2v) is 4.51. The molecule has 0 fully saturated rings. The summed E-state index contributed by atoms with van der Waals surface area (Å²) in [5.41, 5.74) is 7.77. The average molecular weight is 206 g/mol. The van der Waals surface area contributed by atoms with Gasteiger partial charge in [0, 0.05) is 24.2 Å². The molecule has 0 aromatic heterocycles. The molecule has 15 heavy (non-hydrogen) atoms. The molecule has 2 rings (SSSR count). The molecule has 0 aliphatic carbocycles. The first-order valence-corrected chi connectivity index (χ1v) is 5.31. The van der Waals surface area contributed by atoms with Crippen LogP contribution >= 0.6 is 0 Å². The Kier molecular flexibility index (Phi) is 2.82. The monoisotopic (exact) mass is 206 g/mol. The number of benzene rings is 1. The second-order valence-electron chi connectivity index (χ2n) is 4.51. The third-order valence-corrected chi connectivity index (χ3v) is 2.70. The van der Waals surface area contributed by atoms with E-state index in [0.29, 0.717) is 5.92 Å². The lowest BCUT2D eigenvalue weighted by atomic mass is 9.96. The normalized spacial score (nSPS) is 19.8. The Bertz CT molecular complexity index is 349. The highest BCUT2D eigenvalue weighted by atomic mass is 16.5. The average Bonchev–Trinajstić information content (AvgIpc) is 2.17. The lowest BCUT2D eigenvalue weighted by Gasteiger charge is -2.27. The number of rotatable bonds is 2. The van der Waals surface area contributed by atoms with Gasteiger partial charge < -0.3 is 15.4 Å². The van der Waals surface area contributed by atoms with Gasteiger partial charge >= 0.3 is 0 Å². The molecule has 0 bridgehead atoms. The van der Waals surface area contributed by atoms with Crippen molar-refractivity contribution in [1.29, 1.82) is 0 Å². The first kappa shape index (κ1) is 10.3. The summed E-state index contributed by atoms with van der Waals surface area (Å²) in [4.78, 5) is 2.20. The maximum absolute atomic E-state index is 5.71. The van der Waals surface area contributed by atoms with Crippen molar-refractivity contribution in [3.8, 4) is 5.75 Å². The molecule has 1 aromatic carbocycles. The van der Waals surface area contributed by atoms with Crippen molar-refractivity contribution in [2.45, 2.75) is 6.42 Å². The van der Waals surface area contributed by atoms with Crippen LogP contribution in [0.2, 0.25) is 0 Å². The minimum atomic E-state index is 0.594. The molecule has 2 N–H and O–H groups in total. The van der Waals surface area contributed by atoms with Gasteiger partial charge in [-0.2, -0.15) is 0 Å². The highest BCUT2D eigenvalue weighted by molar-refractivity contribution is 5.49. The van der Waals surface area contributed by atoms with Crippen LogP contribution in [0, 0.1) is 5.92 Å². The van der Waals surface area contributed by atoms with Crippen molar-refractivity contribution in [3.63, 3.8) is 0 Å². The summed E-state index contributed by atoms with van der Waals surface area (Å²) in [6.07, 6.45) is 1.09. The van der Waals surface area contributed by atoms with E-state index >= 15 is 0 Å². The highest BCUT2D eigenvalue weighted by Crippen LogP contribution is 2.29. The van der Waals surface area contributed by atoms with E-state index < -0.39 is 0 Å². The van der Waals surface area contributed by atoms with Crippen molar-refractivity contribution >= 4 is 5.69 Å². The molecule has 0 amide bonds. The molecule has 0 radical (unpaired) electrons. The Hall–Kier alpha value is -1.22. The van der Waals surface area contributed by atoms with E-state index in [-0.39, 0.29) is 0 Å². The fourth-order valence-corrected chi connectivity index (χ4v) is 2.09. The van der Waals surface area contributed by atoms with Gasteiger partial charge in [0.1, 0.15) is 5.75 Å². The summed E-state index contributed by atoms with van der Waals surface area (Å²) in [5.74, 6) is 1.56. The zero-order valence-electron chi connectivity index (χ0n) is 9.36. The third-order valence-electron chi connectivity index (χ3n) is 2.70. The lowest BCUT2D eigenvalue weighted by Crippen LogP contribution is -2.30. The minimum Gasteiger partial charge on any atom is -0.493 e. The summed E-state index contributed by atoms with van der Waals surface area (Å²) in [5, 5.41) is 0. The van der Waals surface area contributed by atoms with Gasteiger partial charge in [0.2, 0.25) is 0 Å². The molecule has 0 saturated carbocycles. The van der Waals surface area contributed by atoms with E-state index in [1.807, 2.05) is 12.1 Å². The predicted molar refractivity (Wildman–Crippen MR) is 62.1 cm³/mol. The Balaban J connectivity index is 2.10. The van der Waals surface area contributed by atoms with Crippen LogP contribution in [0.1, 0.15) is 5.56 Å². The van der Waals surface area contributed by atoms with Gasteiger partial charge in [0.15, 0.2) is 0 Å². The maximum Gasteiger partial charge on any atom is 0.124 e. The summed E-state index contributed by atoms with van der Waals surface area (Å²) >= 11 is 0. The summed E-state index contributed by atoms with van der Waals surface area (Å²) in [7, 11) is 4.19. The molecular weight excluding hydrogens is 188 g/mol. The molecule has 82 valence electrons. The first-order chi connectivity index (χ1) is 7.15. The van der Waals surface area contributed by atoms with Crippen molar-refractivity contribution in [3.05, 3.63) is 23.8 Å². The summed E-state index contributed by atoms with van der Waals surface area (Å²) in [6, 6.07) is 5.94. The number of fused-ring (bicyclic) bond motifs is 1. The van der Waals surface area contributed by atoms with Gasteiger partial charge in [0.25, 0.3) is 0 Å². The molecule has 3 heteroatoms. The van der Waals surface area contributed by atoms with Crippen LogP contribution in [-0.4, -0.2) is 32.1 Å². The van der Waals surface area contributed by atoms with E-state index in [1.54, 1.807) is 0 Å². The number of hydrogen-bond donors (Lipinski definition) is 1. The van der Waals surface area contributed by atoms with Gasteiger partial charge in [-0.1, -0.05) is 6.07 Å². The van der Waals surface area contributed by atoms with Crippen LogP contribution in [0.15, 0.2) is 18.2 Å². The van der Waals surface area contributed by atoms with Crippen LogP contribution < -0.4 is 10.5 Å². The fourth-order valence-electron chi connectivity index (χ4n) is 2.09. The molecule has 0 spiro atoms. The second kappa shape index (κ2) is 4.11. The standard InChI is InChI=1S/C12H18N2O/c1-14(2)7-9-5-10-3-4-11(13)6-12(10)15-8-9/h3-4,6,9H,5,7-8,13H2,1-2H3/t9-/m1/s1. The first-order valence-electron chi connectivity index (χ1n) is 5.31. The van der Waals surface area contributed by atoms with Crippen molar-refractivity contribution in [1.82, 2.24) is 4.90 Å². The van der Waals surface area contributed by atoms with Crippen LogP contribution in [0.5, 0.6) is 5.75 Å². The molecule has 1 aromatic rings. The predicted octanol–water partition coefficient (Wildman–Crippen LogP) is 1.38. The lowest BCUT2D eigenvalue weighted by molar-refractivity contribution is 0.188. The van der Waals surface area contributed by atoms with E-state index in [2.05, 4.69) is 25.1 Å². The number of nitrogens with two attached hydrogens (primary N) is 1. The maximum atomic E-state index is 5.71. The van der Waals surface area contributed by atoms with Crippen molar-refractivity contribution < 1.29 is 4.74 Å². The number of nitrogen functional groups attached to an aromatic ring is 1. The Morgan fingerprint density at radius 3 is 3.00 bits per heavy atom. The quantitative estimate of drug-likeness (QED) is 0.743. The Labute approximate surface area is 90.8 Å². The minimum absolute atomic E-state index is 0.594. The summed E-state index contributed by atoms with van der Waals surface area (Å²) in [6.45, 7) is 1.87. The van der Waals surface area contributed by atoms with Crippen molar-refractivity contribution in [2.24, 2.45) is 5.92 Å².